The summed E-state index contributed by atoms with van der Waals surface area (Å²) in [6.07, 6.45) is 1.83. The second-order valence-corrected chi connectivity index (χ2v) is 3.99. The molecule has 0 aliphatic heterocycles. The van der Waals surface area contributed by atoms with Gasteiger partial charge in [-0.1, -0.05) is 12.1 Å². The Morgan fingerprint density at radius 1 is 1.44 bits per heavy atom. The molecule has 4 nitrogen and oxygen atoms in total. The van der Waals surface area contributed by atoms with Crippen molar-refractivity contribution in [2.75, 3.05) is 6.61 Å². The Morgan fingerprint density at radius 2 is 2.17 bits per heavy atom. The number of aromatic nitrogens is 1. The van der Waals surface area contributed by atoms with E-state index in [4.69, 9.17) is 5.26 Å². The molecule has 0 radical (unpaired) electrons. The minimum atomic E-state index is 0.431. The maximum atomic E-state index is 9.18. The van der Waals surface area contributed by atoms with Gasteiger partial charge in [0, 0.05) is 6.20 Å². The summed E-state index contributed by atoms with van der Waals surface area (Å²) in [5, 5.41) is 8.60. The first kappa shape index (κ1) is 13.9. The van der Waals surface area contributed by atoms with E-state index in [9.17, 15) is 4.79 Å². The Bertz CT molecular complexity index is 501. The first-order chi connectivity index (χ1) is 8.81. The lowest BCUT2D eigenvalue weighted by atomic mass is 10.1. The van der Waals surface area contributed by atoms with Crippen molar-refractivity contribution >= 4 is 17.8 Å². The lowest BCUT2D eigenvalue weighted by Crippen LogP contribution is -1.80. The van der Waals surface area contributed by atoms with E-state index in [0.717, 1.165) is 10.4 Å². The second-order valence-electron chi connectivity index (χ2n) is 3.11. The second kappa shape index (κ2) is 7.98. The van der Waals surface area contributed by atoms with Crippen LogP contribution in [0.5, 0.6) is 0 Å². The molecule has 0 saturated heterocycles. The van der Waals surface area contributed by atoms with Crippen LogP contribution in [0.1, 0.15) is 12.5 Å². The zero-order chi connectivity index (χ0) is 13.2. The van der Waals surface area contributed by atoms with Gasteiger partial charge in [0.15, 0.2) is 0 Å². The van der Waals surface area contributed by atoms with Crippen molar-refractivity contribution in [3.05, 3.63) is 41.5 Å². The minimum absolute atomic E-state index is 0.431. The van der Waals surface area contributed by atoms with Crippen LogP contribution >= 0.6 is 11.3 Å². The fraction of sp³-hybridized carbons (Fsp3) is 0.154. The van der Waals surface area contributed by atoms with Gasteiger partial charge in [-0.25, -0.2) is 0 Å². The van der Waals surface area contributed by atoms with Crippen molar-refractivity contribution < 1.29 is 9.53 Å². The van der Waals surface area contributed by atoms with Crippen LogP contribution in [0.3, 0.4) is 0 Å². The van der Waals surface area contributed by atoms with E-state index in [1.54, 1.807) is 23.8 Å². The molecule has 0 unspecified atom stereocenters. The standard InChI is InChI=1S/C10H6N2S.C3H6O2/c11-5-8-1-3-9(4-2-8)10-6-12-7-13-10;1-2-5-3-4/h1-4,6-7H;3H,2H2,1H3. The summed E-state index contributed by atoms with van der Waals surface area (Å²) in [5.41, 5.74) is 3.60. The summed E-state index contributed by atoms with van der Waals surface area (Å²) in [5.74, 6) is 0. The average Bonchev–Trinajstić information content (AvgIpc) is 2.94. The van der Waals surface area contributed by atoms with E-state index in [0.29, 0.717) is 18.6 Å². The first-order valence-electron chi connectivity index (χ1n) is 5.26. The zero-order valence-electron chi connectivity index (χ0n) is 9.87. The summed E-state index contributed by atoms with van der Waals surface area (Å²) >= 11 is 1.60. The summed E-state index contributed by atoms with van der Waals surface area (Å²) in [4.78, 5) is 14.3. The van der Waals surface area contributed by atoms with E-state index in [-0.39, 0.29) is 0 Å². The van der Waals surface area contributed by atoms with Gasteiger partial charge >= 0.3 is 0 Å². The van der Waals surface area contributed by atoms with Gasteiger partial charge in [0.05, 0.1) is 28.6 Å². The number of nitrogens with zero attached hydrogens (tertiary/aromatic N) is 2. The van der Waals surface area contributed by atoms with Crippen LogP contribution in [0.15, 0.2) is 36.0 Å². The summed E-state index contributed by atoms with van der Waals surface area (Å²) in [6, 6.07) is 9.59. The average molecular weight is 260 g/mol. The maximum absolute atomic E-state index is 9.18. The van der Waals surface area contributed by atoms with Crippen LogP contribution in [0.2, 0.25) is 0 Å². The Kier molecular flexibility index (Phi) is 6.15. The molecular weight excluding hydrogens is 248 g/mol. The fourth-order valence-electron chi connectivity index (χ4n) is 1.14. The molecule has 1 aromatic carbocycles. The minimum Gasteiger partial charge on any atom is -0.468 e. The molecule has 0 fully saturated rings. The molecule has 5 heteroatoms. The van der Waals surface area contributed by atoms with E-state index < -0.39 is 0 Å². The molecule has 0 aliphatic rings. The Morgan fingerprint density at radius 3 is 2.56 bits per heavy atom. The molecule has 0 saturated carbocycles. The van der Waals surface area contributed by atoms with Gasteiger partial charge in [-0.05, 0) is 24.6 Å². The third kappa shape index (κ3) is 4.36. The molecule has 0 bridgehead atoms. The zero-order valence-corrected chi connectivity index (χ0v) is 10.7. The molecule has 0 aliphatic carbocycles. The highest BCUT2D eigenvalue weighted by molar-refractivity contribution is 7.13. The quantitative estimate of drug-likeness (QED) is 0.796. The molecule has 2 rings (SSSR count). The Balaban J connectivity index is 0.000000280. The van der Waals surface area contributed by atoms with Crippen molar-refractivity contribution in [3.8, 4) is 16.5 Å². The summed E-state index contributed by atoms with van der Waals surface area (Å²) in [6.45, 7) is 2.66. The van der Waals surface area contributed by atoms with E-state index in [1.807, 2.05) is 30.5 Å². The molecule has 0 atom stereocenters. The van der Waals surface area contributed by atoms with Crippen LogP contribution in [0.4, 0.5) is 0 Å². The molecular formula is C13H12N2O2S. The van der Waals surface area contributed by atoms with Crippen LogP contribution in [0.25, 0.3) is 10.4 Å². The van der Waals surface area contributed by atoms with Gasteiger partial charge in [-0.3, -0.25) is 9.78 Å². The highest BCUT2D eigenvalue weighted by atomic mass is 32.1. The third-order valence-electron chi connectivity index (χ3n) is 1.97. The number of hydrogen-bond donors (Lipinski definition) is 0. The monoisotopic (exact) mass is 260 g/mol. The Labute approximate surface area is 109 Å². The third-order valence-corrected chi connectivity index (χ3v) is 2.79. The first-order valence-corrected chi connectivity index (χ1v) is 6.14. The van der Waals surface area contributed by atoms with Crippen molar-refractivity contribution in [3.63, 3.8) is 0 Å². The highest BCUT2D eigenvalue weighted by Crippen LogP contribution is 2.22. The molecule has 0 spiro atoms. The van der Waals surface area contributed by atoms with Crippen LogP contribution < -0.4 is 0 Å². The molecule has 1 heterocycles. The lowest BCUT2D eigenvalue weighted by Gasteiger charge is -1.94. The fourth-order valence-corrected chi connectivity index (χ4v) is 1.76. The number of rotatable bonds is 3. The van der Waals surface area contributed by atoms with Crippen molar-refractivity contribution in [2.24, 2.45) is 0 Å². The number of hydrogen-bond acceptors (Lipinski definition) is 5. The summed E-state index contributed by atoms with van der Waals surface area (Å²) < 4.78 is 4.15. The molecule has 1 aromatic heterocycles. The van der Waals surface area contributed by atoms with Gasteiger partial charge in [-0.15, -0.1) is 11.3 Å². The van der Waals surface area contributed by atoms with Gasteiger partial charge in [0.2, 0.25) is 0 Å². The normalized spacial score (nSPS) is 8.67. The maximum Gasteiger partial charge on any atom is 0.293 e. The smallest absolute Gasteiger partial charge is 0.293 e. The van der Waals surface area contributed by atoms with Gasteiger partial charge < -0.3 is 4.74 Å². The number of benzene rings is 1. The lowest BCUT2D eigenvalue weighted by molar-refractivity contribution is -0.128. The number of thiazole rings is 1. The molecule has 0 N–H and O–H groups in total. The molecule has 2 aromatic rings. The predicted molar refractivity (Wildman–Crippen MR) is 70.0 cm³/mol. The van der Waals surface area contributed by atoms with Crippen LogP contribution in [-0.2, 0) is 9.53 Å². The van der Waals surface area contributed by atoms with Gasteiger partial charge in [0.1, 0.15) is 0 Å². The largest absolute Gasteiger partial charge is 0.468 e. The van der Waals surface area contributed by atoms with Crippen molar-refractivity contribution in [1.29, 1.82) is 5.26 Å². The SMILES string of the molecule is CCOC=O.N#Cc1ccc(-c2cncs2)cc1. The van der Waals surface area contributed by atoms with E-state index in [1.165, 1.54) is 0 Å². The predicted octanol–water partition coefficient (Wildman–Crippen LogP) is 2.86. The Hall–Kier alpha value is -2.19. The van der Waals surface area contributed by atoms with Crippen molar-refractivity contribution in [2.45, 2.75) is 6.92 Å². The highest BCUT2D eigenvalue weighted by Gasteiger charge is 1.98. The van der Waals surface area contributed by atoms with E-state index in [2.05, 4.69) is 15.8 Å². The molecule has 0 amide bonds. The number of ether oxygens (including phenoxy) is 1. The topological polar surface area (TPSA) is 63.0 Å². The van der Waals surface area contributed by atoms with Crippen LogP contribution in [-0.4, -0.2) is 18.1 Å². The van der Waals surface area contributed by atoms with Gasteiger partial charge in [-0.2, -0.15) is 5.26 Å². The van der Waals surface area contributed by atoms with Crippen LogP contribution in [0, 0.1) is 11.3 Å². The number of nitriles is 1. The molecule has 18 heavy (non-hydrogen) atoms. The number of carbonyl (C=O) groups is 1. The van der Waals surface area contributed by atoms with E-state index >= 15 is 0 Å². The van der Waals surface area contributed by atoms with Crippen molar-refractivity contribution in [1.82, 2.24) is 4.98 Å². The summed E-state index contributed by atoms with van der Waals surface area (Å²) in [7, 11) is 0. The van der Waals surface area contributed by atoms with Gasteiger partial charge in [0.25, 0.3) is 6.47 Å². The molecule has 92 valence electrons. The number of carbonyl (C=O) groups excluding carboxylic acids is 1.